The number of unbranched alkanes of at least 4 members (excludes halogenated alkanes) is 1. The molecule has 1 aliphatic heterocycles. The summed E-state index contributed by atoms with van der Waals surface area (Å²) in [6.07, 6.45) is 6.28. The summed E-state index contributed by atoms with van der Waals surface area (Å²) >= 11 is 0. The first-order valence-electron chi connectivity index (χ1n) is 9.98. The van der Waals surface area contributed by atoms with Gasteiger partial charge in [-0.3, -0.25) is 9.18 Å². The molecule has 2 heterocycles. The molecule has 1 aliphatic rings. The largest absolute Gasteiger partial charge is 0.468 e. The minimum atomic E-state index is -0.616. The molecule has 7 heteroatoms. The minimum absolute atomic E-state index is 0.328. The number of fused-ring (bicyclic) bond motifs is 1. The predicted molar refractivity (Wildman–Crippen MR) is 106 cm³/mol. The lowest BCUT2D eigenvalue weighted by Gasteiger charge is -2.23. The van der Waals surface area contributed by atoms with Gasteiger partial charge in [-0.25, -0.2) is 4.98 Å². The summed E-state index contributed by atoms with van der Waals surface area (Å²) in [5, 5.41) is 3.37. The molecule has 0 amide bonds. The van der Waals surface area contributed by atoms with E-state index in [2.05, 4.69) is 27.1 Å². The van der Waals surface area contributed by atoms with E-state index in [1.54, 1.807) is 0 Å². The molecule has 27 heavy (non-hydrogen) atoms. The normalized spacial score (nSPS) is 14.5. The van der Waals surface area contributed by atoms with Crippen LogP contribution in [-0.4, -0.2) is 61.9 Å². The summed E-state index contributed by atoms with van der Waals surface area (Å²) < 4.78 is 17.2. The number of nitrogens with one attached hydrogen (secondary N) is 1. The predicted octanol–water partition coefficient (Wildman–Crippen LogP) is 2.31. The second-order valence-electron chi connectivity index (χ2n) is 7.10. The number of pyridine rings is 1. The van der Waals surface area contributed by atoms with Crippen molar-refractivity contribution < 1.29 is 13.9 Å². The van der Waals surface area contributed by atoms with Crippen LogP contribution in [0.2, 0.25) is 0 Å². The quantitative estimate of drug-likeness (QED) is 0.428. The Balaban J connectivity index is 1.73. The second kappa shape index (κ2) is 11.9. The number of ether oxygens (including phenoxy) is 1. The van der Waals surface area contributed by atoms with Crippen LogP contribution in [0.1, 0.15) is 43.4 Å². The molecule has 0 bridgehead atoms. The van der Waals surface area contributed by atoms with Gasteiger partial charge in [0.05, 0.1) is 13.8 Å². The van der Waals surface area contributed by atoms with E-state index >= 15 is 0 Å². The molecule has 1 aromatic rings. The van der Waals surface area contributed by atoms with E-state index in [9.17, 15) is 9.18 Å². The molecule has 2 rings (SSSR count). The third-order valence-corrected chi connectivity index (χ3v) is 4.98. The first-order valence-corrected chi connectivity index (χ1v) is 9.98. The van der Waals surface area contributed by atoms with Crippen molar-refractivity contribution in [2.45, 2.75) is 51.0 Å². The van der Waals surface area contributed by atoms with Gasteiger partial charge in [0.25, 0.3) is 0 Å². The molecule has 152 valence electrons. The Labute approximate surface area is 161 Å². The second-order valence-corrected chi connectivity index (χ2v) is 7.10. The van der Waals surface area contributed by atoms with Crippen molar-refractivity contribution in [2.24, 2.45) is 5.73 Å². The summed E-state index contributed by atoms with van der Waals surface area (Å²) in [7, 11) is 1.34. The van der Waals surface area contributed by atoms with Gasteiger partial charge in [0.15, 0.2) is 0 Å². The van der Waals surface area contributed by atoms with Gasteiger partial charge >= 0.3 is 5.97 Å². The first kappa shape index (κ1) is 21.6. The molecule has 1 aromatic heterocycles. The van der Waals surface area contributed by atoms with Crippen LogP contribution in [0.4, 0.5) is 10.2 Å². The molecule has 0 radical (unpaired) electrons. The van der Waals surface area contributed by atoms with E-state index in [1.807, 2.05) is 0 Å². The number of hydrogen-bond donors (Lipinski definition) is 2. The fourth-order valence-electron chi connectivity index (χ4n) is 3.36. The maximum atomic E-state index is 12.5. The maximum Gasteiger partial charge on any atom is 0.322 e. The smallest absolute Gasteiger partial charge is 0.322 e. The Kier molecular flexibility index (Phi) is 9.48. The zero-order chi connectivity index (χ0) is 19.5. The number of aryl methyl sites for hydroxylation is 2. The molecule has 6 nitrogen and oxygen atoms in total. The third kappa shape index (κ3) is 7.42. The number of alkyl halides is 1. The van der Waals surface area contributed by atoms with Crippen LogP contribution in [-0.2, 0) is 22.4 Å². The summed E-state index contributed by atoms with van der Waals surface area (Å²) in [5.74, 6) is 0.646. The van der Waals surface area contributed by atoms with Crippen molar-refractivity contribution >= 4 is 11.8 Å². The Morgan fingerprint density at radius 3 is 2.93 bits per heavy atom. The van der Waals surface area contributed by atoms with Gasteiger partial charge in [0, 0.05) is 25.3 Å². The van der Waals surface area contributed by atoms with Gasteiger partial charge < -0.3 is 20.7 Å². The molecule has 0 saturated heterocycles. The standard InChI is InChI=1S/C20H33FN4O2/c1-27-20(26)18(22)10-15-25(14-5-11-21)13-3-2-7-17-9-8-16-6-4-12-23-19(16)24-17/h8-9,18H,2-7,10-15,22H2,1H3,(H,23,24). The molecule has 3 N–H and O–H groups in total. The Bertz CT molecular complexity index is 585. The van der Waals surface area contributed by atoms with E-state index in [1.165, 1.54) is 19.1 Å². The highest BCUT2D eigenvalue weighted by atomic mass is 19.1. The van der Waals surface area contributed by atoms with Crippen LogP contribution in [0.3, 0.4) is 0 Å². The number of rotatable bonds is 12. The number of hydrogen-bond acceptors (Lipinski definition) is 6. The maximum absolute atomic E-state index is 12.5. The minimum Gasteiger partial charge on any atom is -0.468 e. The zero-order valence-corrected chi connectivity index (χ0v) is 16.4. The van der Waals surface area contributed by atoms with Crippen LogP contribution in [0.25, 0.3) is 0 Å². The van der Waals surface area contributed by atoms with Crippen molar-refractivity contribution in [3.8, 4) is 0 Å². The highest BCUT2D eigenvalue weighted by Gasteiger charge is 2.15. The van der Waals surface area contributed by atoms with E-state index in [0.29, 0.717) is 25.9 Å². The van der Waals surface area contributed by atoms with Crippen molar-refractivity contribution in [1.29, 1.82) is 0 Å². The topological polar surface area (TPSA) is 80.5 Å². The van der Waals surface area contributed by atoms with Gasteiger partial charge in [-0.2, -0.15) is 0 Å². The molecule has 1 atom stereocenters. The van der Waals surface area contributed by atoms with Crippen molar-refractivity contribution in [1.82, 2.24) is 9.88 Å². The first-order chi connectivity index (χ1) is 13.1. The number of carbonyl (C=O) groups is 1. The number of nitrogens with two attached hydrogens (primary N) is 1. The highest BCUT2D eigenvalue weighted by Crippen LogP contribution is 2.20. The molecule has 0 saturated carbocycles. The molecular formula is C20H33FN4O2. The van der Waals surface area contributed by atoms with Gasteiger partial charge in [0.1, 0.15) is 11.9 Å². The number of nitrogens with zero attached hydrogens (tertiary/aromatic N) is 2. The molecule has 0 fully saturated rings. The highest BCUT2D eigenvalue weighted by molar-refractivity contribution is 5.75. The van der Waals surface area contributed by atoms with E-state index in [0.717, 1.165) is 50.3 Å². The Morgan fingerprint density at radius 1 is 1.33 bits per heavy atom. The number of esters is 1. The molecular weight excluding hydrogens is 347 g/mol. The third-order valence-electron chi connectivity index (χ3n) is 4.98. The van der Waals surface area contributed by atoms with E-state index in [4.69, 9.17) is 10.7 Å². The Hall–Kier alpha value is -1.73. The Morgan fingerprint density at radius 2 is 2.15 bits per heavy atom. The van der Waals surface area contributed by atoms with Crippen LogP contribution < -0.4 is 11.1 Å². The summed E-state index contributed by atoms with van der Waals surface area (Å²) in [6, 6.07) is 3.70. The molecule has 0 spiro atoms. The summed E-state index contributed by atoms with van der Waals surface area (Å²) in [4.78, 5) is 18.3. The fourth-order valence-corrected chi connectivity index (χ4v) is 3.36. The van der Waals surface area contributed by atoms with Crippen LogP contribution in [0, 0.1) is 0 Å². The average Bonchev–Trinajstić information content (AvgIpc) is 2.71. The van der Waals surface area contributed by atoms with Gasteiger partial charge in [-0.15, -0.1) is 0 Å². The van der Waals surface area contributed by atoms with Crippen molar-refractivity contribution in [3.63, 3.8) is 0 Å². The molecule has 0 aromatic carbocycles. The lowest BCUT2D eigenvalue weighted by Crippen LogP contribution is -2.37. The van der Waals surface area contributed by atoms with Gasteiger partial charge in [0.2, 0.25) is 0 Å². The summed E-state index contributed by atoms with van der Waals surface area (Å²) in [6.45, 7) is 2.91. The number of aromatic nitrogens is 1. The summed E-state index contributed by atoms with van der Waals surface area (Å²) in [5.41, 5.74) is 8.23. The van der Waals surface area contributed by atoms with Gasteiger partial charge in [-0.1, -0.05) is 6.07 Å². The number of halogens is 1. The number of carbonyl (C=O) groups excluding carboxylic acids is 1. The van der Waals surface area contributed by atoms with Crippen LogP contribution in [0.5, 0.6) is 0 Å². The van der Waals surface area contributed by atoms with E-state index < -0.39 is 12.0 Å². The lowest BCUT2D eigenvalue weighted by atomic mass is 10.1. The van der Waals surface area contributed by atoms with Gasteiger partial charge in [-0.05, 0) is 63.1 Å². The van der Waals surface area contributed by atoms with E-state index in [-0.39, 0.29) is 6.67 Å². The number of methoxy groups -OCH3 is 1. The zero-order valence-electron chi connectivity index (χ0n) is 16.4. The SMILES string of the molecule is COC(=O)C(N)CCN(CCCF)CCCCc1ccc2c(n1)NCCC2. The average molecular weight is 381 g/mol. The van der Waals surface area contributed by atoms with Crippen LogP contribution >= 0.6 is 0 Å². The molecule has 0 aliphatic carbocycles. The number of anilines is 1. The van der Waals surface area contributed by atoms with Crippen molar-refractivity contribution in [2.75, 3.05) is 45.3 Å². The van der Waals surface area contributed by atoms with Crippen LogP contribution in [0.15, 0.2) is 12.1 Å². The van der Waals surface area contributed by atoms with Crippen molar-refractivity contribution in [3.05, 3.63) is 23.4 Å². The fraction of sp³-hybridized carbons (Fsp3) is 0.700. The monoisotopic (exact) mass is 380 g/mol. The molecule has 1 unspecified atom stereocenters. The lowest BCUT2D eigenvalue weighted by molar-refractivity contribution is -0.142.